The van der Waals surface area contributed by atoms with Crippen molar-refractivity contribution in [3.63, 3.8) is 0 Å². The molecule has 1 aromatic carbocycles. The molecule has 0 fully saturated rings. The summed E-state index contributed by atoms with van der Waals surface area (Å²) in [5.74, 6) is 0.118. The maximum absolute atomic E-state index is 13.8. The van der Waals surface area contributed by atoms with Crippen LogP contribution in [0.4, 0.5) is 4.39 Å². The zero-order chi connectivity index (χ0) is 13.0. The highest BCUT2D eigenvalue weighted by Crippen LogP contribution is 2.26. The molecule has 1 rings (SSSR count). The van der Waals surface area contributed by atoms with Gasteiger partial charge >= 0.3 is 0 Å². The molecule has 18 heavy (non-hydrogen) atoms. The molecular formula is C13H20BrClFNO. The Morgan fingerprint density at radius 2 is 1.94 bits per heavy atom. The maximum Gasteiger partial charge on any atom is 0.142 e. The molecule has 2 nitrogen and oxygen atoms in total. The van der Waals surface area contributed by atoms with Gasteiger partial charge in [-0.1, -0.05) is 26.0 Å². The number of hydrogen-bond acceptors (Lipinski definition) is 2. The second-order valence-corrected chi connectivity index (χ2v) is 5.56. The predicted molar refractivity (Wildman–Crippen MR) is 78.4 cm³/mol. The number of aliphatic hydroxyl groups excluding tert-OH is 1. The summed E-state index contributed by atoms with van der Waals surface area (Å²) in [7, 11) is 0. The molecule has 0 aliphatic rings. The van der Waals surface area contributed by atoms with E-state index in [0.29, 0.717) is 22.4 Å². The minimum absolute atomic E-state index is 0. The van der Waals surface area contributed by atoms with Crippen LogP contribution in [-0.4, -0.2) is 11.2 Å². The first-order chi connectivity index (χ1) is 7.93. The van der Waals surface area contributed by atoms with Crippen LogP contribution >= 0.6 is 28.3 Å². The molecule has 0 radical (unpaired) electrons. The minimum Gasteiger partial charge on any atom is -0.391 e. The van der Waals surface area contributed by atoms with E-state index in [4.69, 9.17) is 5.73 Å². The van der Waals surface area contributed by atoms with Crippen molar-refractivity contribution in [2.75, 3.05) is 0 Å². The summed E-state index contributed by atoms with van der Waals surface area (Å²) in [6.45, 7) is 4.16. The second kappa shape index (κ2) is 8.10. The fourth-order valence-corrected chi connectivity index (χ4v) is 2.05. The minimum atomic E-state index is -0.707. The predicted octanol–water partition coefficient (Wildman–Crippen LogP) is 3.81. The summed E-state index contributed by atoms with van der Waals surface area (Å²) in [4.78, 5) is 0. The van der Waals surface area contributed by atoms with E-state index in [1.54, 1.807) is 18.2 Å². The Bertz CT molecular complexity index is 376. The van der Waals surface area contributed by atoms with Gasteiger partial charge in [0.2, 0.25) is 0 Å². The molecule has 0 spiro atoms. The van der Waals surface area contributed by atoms with E-state index in [0.717, 1.165) is 6.42 Å². The Morgan fingerprint density at radius 3 is 2.50 bits per heavy atom. The maximum atomic E-state index is 13.8. The first kappa shape index (κ1) is 17.8. The van der Waals surface area contributed by atoms with Gasteiger partial charge in [0.15, 0.2) is 0 Å². The smallest absolute Gasteiger partial charge is 0.142 e. The van der Waals surface area contributed by atoms with Gasteiger partial charge in [0.1, 0.15) is 5.82 Å². The van der Waals surface area contributed by atoms with E-state index in [-0.39, 0.29) is 18.2 Å². The highest BCUT2D eigenvalue weighted by Gasteiger charge is 2.21. The highest BCUT2D eigenvalue weighted by atomic mass is 79.9. The van der Waals surface area contributed by atoms with Crippen molar-refractivity contribution in [2.24, 2.45) is 11.7 Å². The third kappa shape index (κ3) is 4.84. The number of aliphatic hydroxyl groups is 1. The molecule has 0 heterocycles. The summed E-state index contributed by atoms with van der Waals surface area (Å²) < 4.78 is 14.1. The van der Waals surface area contributed by atoms with Crippen molar-refractivity contribution in [2.45, 2.75) is 38.8 Å². The molecular weight excluding hydrogens is 321 g/mol. The zero-order valence-corrected chi connectivity index (χ0v) is 13.0. The van der Waals surface area contributed by atoms with Gasteiger partial charge < -0.3 is 10.8 Å². The van der Waals surface area contributed by atoms with Crippen LogP contribution in [0.1, 0.15) is 38.3 Å². The van der Waals surface area contributed by atoms with Crippen LogP contribution in [0.3, 0.4) is 0 Å². The molecule has 0 saturated heterocycles. The lowest BCUT2D eigenvalue weighted by atomic mass is 9.96. The fourth-order valence-electron chi connectivity index (χ4n) is 1.67. The van der Waals surface area contributed by atoms with Crippen LogP contribution in [0.2, 0.25) is 0 Å². The SMILES string of the molecule is CC(C)CC[C@@H](O)[C@@H](N)c1cccc(Br)c1F.Cl. The normalized spacial score (nSPS) is 14.2. The van der Waals surface area contributed by atoms with Gasteiger partial charge in [0.25, 0.3) is 0 Å². The molecule has 3 N–H and O–H groups in total. The monoisotopic (exact) mass is 339 g/mol. The van der Waals surface area contributed by atoms with Crippen LogP contribution in [0, 0.1) is 11.7 Å². The highest BCUT2D eigenvalue weighted by molar-refractivity contribution is 9.10. The molecule has 104 valence electrons. The largest absolute Gasteiger partial charge is 0.391 e. The molecule has 0 aromatic heterocycles. The molecule has 0 bridgehead atoms. The molecule has 0 amide bonds. The van der Waals surface area contributed by atoms with Crippen molar-refractivity contribution < 1.29 is 9.50 Å². The number of rotatable bonds is 5. The molecule has 0 saturated carbocycles. The first-order valence-electron chi connectivity index (χ1n) is 5.81. The molecule has 5 heteroatoms. The average molecular weight is 341 g/mol. The molecule has 1 aromatic rings. The summed E-state index contributed by atoms with van der Waals surface area (Å²) in [5.41, 5.74) is 6.24. The van der Waals surface area contributed by atoms with Crippen LogP contribution < -0.4 is 5.73 Å². The van der Waals surface area contributed by atoms with Crippen LogP contribution in [0.15, 0.2) is 22.7 Å². The first-order valence-corrected chi connectivity index (χ1v) is 6.60. The lowest BCUT2D eigenvalue weighted by molar-refractivity contribution is 0.127. The summed E-state index contributed by atoms with van der Waals surface area (Å²) in [6, 6.07) is 4.28. The van der Waals surface area contributed by atoms with Crippen LogP contribution in [0.25, 0.3) is 0 Å². The van der Waals surface area contributed by atoms with Crippen molar-refractivity contribution in [3.8, 4) is 0 Å². The lowest BCUT2D eigenvalue weighted by Gasteiger charge is -2.20. The topological polar surface area (TPSA) is 46.2 Å². The molecule has 0 aliphatic heterocycles. The van der Waals surface area contributed by atoms with Crippen molar-refractivity contribution in [3.05, 3.63) is 34.1 Å². The summed E-state index contributed by atoms with van der Waals surface area (Å²) in [5, 5.41) is 9.93. The quantitative estimate of drug-likeness (QED) is 0.856. The van der Waals surface area contributed by atoms with Crippen molar-refractivity contribution >= 4 is 28.3 Å². The Hall–Kier alpha value is -0.160. The molecule has 0 aliphatic carbocycles. The zero-order valence-electron chi connectivity index (χ0n) is 10.6. The van der Waals surface area contributed by atoms with Gasteiger partial charge in [0, 0.05) is 5.56 Å². The number of nitrogens with two attached hydrogens (primary N) is 1. The van der Waals surface area contributed by atoms with Gasteiger partial charge in [-0.3, -0.25) is 0 Å². The second-order valence-electron chi connectivity index (χ2n) is 4.71. The Kier molecular flexibility index (Phi) is 8.03. The van der Waals surface area contributed by atoms with E-state index in [1.807, 2.05) is 0 Å². The molecule has 2 atom stereocenters. The molecule has 0 unspecified atom stereocenters. The number of halogens is 3. The van der Waals surface area contributed by atoms with Gasteiger partial charge in [-0.25, -0.2) is 4.39 Å². The van der Waals surface area contributed by atoms with E-state index in [9.17, 15) is 9.50 Å². The van der Waals surface area contributed by atoms with Crippen LogP contribution in [0.5, 0.6) is 0 Å². The Morgan fingerprint density at radius 1 is 1.33 bits per heavy atom. The van der Waals surface area contributed by atoms with E-state index >= 15 is 0 Å². The average Bonchev–Trinajstić information content (AvgIpc) is 2.28. The van der Waals surface area contributed by atoms with Crippen LogP contribution in [-0.2, 0) is 0 Å². The van der Waals surface area contributed by atoms with Crippen molar-refractivity contribution in [1.29, 1.82) is 0 Å². The Balaban J connectivity index is 0.00000289. The van der Waals surface area contributed by atoms with Gasteiger partial charge in [-0.05, 0) is 40.8 Å². The third-order valence-corrected chi connectivity index (χ3v) is 3.41. The summed E-state index contributed by atoms with van der Waals surface area (Å²) in [6.07, 6.45) is 0.760. The number of benzene rings is 1. The van der Waals surface area contributed by atoms with Gasteiger partial charge in [-0.2, -0.15) is 0 Å². The van der Waals surface area contributed by atoms with Crippen molar-refractivity contribution in [1.82, 2.24) is 0 Å². The third-order valence-electron chi connectivity index (χ3n) is 2.79. The summed E-state index contributed by atoms with van der Waals surface area (Å²) >= 11 is 3.11. The Labute approximate surface area is 122 Å². The van der Waals surface area contributed by atoms with E-state index < -0.39 is 12.1 Å². The lowest BCUT2D eigenvalue weighted by Crippen LogP contribution is -2.27. The number of hydrogen-bond donors (Lipinski definition) is 2. The standard InChI is InChI=1S/C13H19BrFNO.ClH/c1-8(2)6-7-11(17)13(16)9-4-3-5-10(14)12(9)15;/h3-5,8,11,13,17H,6-7,16H2,1-2H3;1H/t11-,13+;/m1./s1. The van der Waals surface area contributed by atoms with E-state index in [1.165, 1.54) is 0 Å². The van der Waals surface area contributed by atoms with E-state index in [2.05, 4.69) is 29.8 Å². The van der Waals surface area contributed by atoms with Gasteiger partial charge in [-0.15, -0.1) is 12.4 Å². The fraction of sp³-hybridized carbons (Fsp3) is 0.538. The van der Waals surface area contributed by atoms with Gasteiger partial charge in [0.05, 0.1) is 16.6 Å².